The van der Waals surface area contributed by atoms with Gasteiger partial charge in [-0.05, 0) is 106 Å². The lowest BCUT2D eigenvalue weighted by Gasteiger charge is -2.32. The number of aromatic nitrogens is 2. The van der Waals surface area contributed by atoms with Gasteiger partial charge in [0.1, 0.15) is 48.4 Å². The monoisotopic (exact) mass is 1190 g/mol. The molecule has 6 atom stereocenters. The van der Waals surface area contributed by atoms with E-state index in [0.717, 1.165) is 34.5 Å². The maximum atomic E-state index is 15.3. The van der Waals surface area contributed by atoms with Gasteiger partial charge in [-0.1, -0.05) is 52.8 Å². The second kappa shape index (κ2) is 27.6. The number of aromatic hydroxyl groups is 1. The molecule has 3 aromatic carbocycles. The number of hydrogen-bond acceptors (Lipinski definition) is 18. The van der Waals surface area contributed by atoms with E-state index in [2.05, 4.69) is 20.5 Å². The molecule has 4 amide bonds. The Morgan fingerprint density at radius 3 is 2.02 bits per heavy atom. The Morgan fingerprint density at radius 1 is 0.810 bits per heavy atom. The highest BCUT2D eigenvalue weighted by molar-refractivity contribution is 7.88. The predicted octanol–water partition coefficient (Wildman–Crippen LogP) is 4.79. The van der Waals surface area contributed by atoms with Crippen LogP contribution in [0.3, 0.4) is 0 Å². The number of carbonyl (C=O) groups is 7. The van der Waals surface area contributed by atoms with Crippen LogP contribution in [0.1, 0.15) is 129 Å². The van der Waals surface area contributed by atoms with E-state index in [-0.39, 0.29) is 64.1 Å². The maximum Gasteiger partial charge on any atom is 0.422 e. The molecule has 4 aromatic rings. The number of ketones is 2. The molecule has 4 bridgehead atoms. The molecule has 84 heavy (non-hydrogen) atoms. The SMILES string of the molecule is CC[C@@H](O)COc1cc2cc(c1O)-c1cc(ccc1OC[C@H](O)CNC(=O)OC(C)(C)C)C[C@@H](C(=O)O)NC(=O)[C@H](C)CC(=O)[C@H]2N(C)C(=O)[C@H](CNS(=O)(=O)NC(=O)OC(C)(C)C)CC(=O)c1cnn(-c2ccc(C(C)(C)C)cc2)c(=O)c1. The first kappa shape index (κ1) is 66.9. The largest absolute Gasteiger partial charge is 0.504 e. The van der Waals surface area contributed by atoms with Gasteiger partial charge in [0, 0.05) is 61.5 Å². The quantitative estimate of drug-likeness (QED) is 0.0552. The molecule has 458 valence electrons. The Bertz CT molecular complexity index is 3260. The molecule has 1 aliphatic rings. The standard InChI is InChI=1S/C58H77N7O18S/c1-13-39(66)30-81-47-25-34-23-42(50(47)71)41-21-33(14-19-46(41)80-31-40(67)29-59-54(76)82-57(6,7)8)22-43(53(74)75)62-51(72)32(2)20-45(69)49(34)64(12)52(73)36(28-61-84(78,79)63-55(77)83-58(9,10)11)24-44(68)35-26-48(70)65(60-27-35)38-17-15-37(16-18-38)56(3,4)5/h14-19,21,23,25-27,32,36,39-40,43,49,61,66-67,71H,13,20,22,24,28-31H2,1-12H3,(H,59,76)(H,62,72)(H,63,77)(H,74,75)/t32-,36+,39-,40-,43+,49+/m1/s1. The number of aliphatic carboxylic acids is 1. The summed E-state index contributed by atoms with van der Waals surface area (Å²) in [6, 6.07) is 11.4. The lowest BCUT2D eigenvalue weighted by molar-refractivity contribution is -0.143. The van der Waals surface area contributed by atoms with E-state index in [4.69, 9.17) is 18.9 Å². The van der Waals surface area contributed by atoms with E-state index in [0.29, 0.717) is 5.69 Å². The molecule has 1 aromatic heterocycles. The second-order valence-corrected chi connectivity index (χ2v) is 25.1. The normalized spacial score (nSPS) is 17.0. The summed E-state index contributed by atoms with van der Waals surface area (Å²) in [5, 5.41) is 53.2. The highest BCUT2D eigenvalue weighted by Crippen LogP contribution is 2.45. The zero-order valence-corrected chi connectivity index (χ0v) is 50.0. The van der Waals surface area contributed by atoms with Crippen molar-refractivity contribution in [2.24, 2.45) is 11.8 Å². The van der Waals surface area contributed by atoms with Gasteiger partial charge in [0.2, 0.25) is 11.8 Å². The molecule has 0 fully saturated rings. The molecule has 0 unspecified atom stereocenters. The first-order chi connectivity index (χ1) is 38.9. The first-order valence-electron chi connectivity index (χ1n) is 27.1. The summed E-state index contributed by atoms with van der Waals surface area (Å²) in [5.74, 6) is -9.21. The summed E-state index contributed by atoms with van der Waals surface area (Å²) in [6.45, 7) is 16.3. The van der Waals surface area contributed by atoms with Crippen LogP contribution < -0.4 is 35.1 Å². The van der Waals surface area contributed by atoms with Gasteiger partial charge in [0.05, 0.1) is 30.5 Å². The van der Waals surface area contributed by atoms with Gasteiger partial charge in [-0.3, -0.25) is 24.0 Å². The molecule has 0 saturated heterocycles. The fraction of sp³-hybridized carbons (Fsp3) is 0.500. The van der Waals surface area contributed by atoms with Crippen LogP contribution in [0.4, 0.5) is 9.59 Å². The zero-order chi connectivity index (χ0) is 62.8. The molecular formula is C58H77N7O18S. The Kier molecular flexibility index (Phi) is 22.0. The summed E-state index contributed by atoms with van der Waals surface area (Å²) >= 11 is 0. The average Bonchev–Trinajstić information content (AvgIpc) is 1.74. The van der Waals surface area contributed by atoms with E-state index in [9.17, 15) is 57.6 Å². The number of aliphatic hydroxyl groups excluding tert-OH is 2. The Hall–Kier alpha value is -7.94. The van der Waals surface area contributed by atoms with Crippen LogP contribution in [-0.4, -0.2) is 148 Å². The van der Waals surface area contributed by atoms with Gasteiger partial charge in [-0.15, -0.1) is 0 Å². The number of amides is 4. The van der Waals surface area contributed by atoms with Crippen molar-refractivity contribution in [3.63, 3.8) is 0 Å². The number of ether oxygens (including phenoxy) is 4. The molecular weight excluding hydrogens is 1110 g/mol. The third-order valence-corrected chi connectivity index (χ3v) is 14.0. The van der Waals surface area contributed by atoms with Crippen LogP contribution in [0.15, 0.2) is 71.7 Å². The maximum absolute atomic E-state index is 15.3. The Morgan fingerprint density at radius 2 is 1.43 bits per heavy atom. The molecule has 2 heterocycles. The molecule has 0 spiro atoms. The van der Waals surface area contributed by atoms with Crippen molar-refractivity contribution < 1.29 is 81.4 Å². The van der Waals surface area contributed by atoms with Crippen molar-refractivity contribution in [2.75, 3.05) is 33.4 Å². The number of alkyl carbamates (subject to hydrolysis) is 1. The van der Waals surface area contributed by atoms with Crippen LogP contribution in [0.25, 0.3) is 16.8 Å². The molecule has 8 N–H and O–H groups in total. The number of carboxylic acids is 1. The van der Waals surface area contributed by atoms with Crippen molar-refractivity contribution in [3.8, 4) is 34.1 Å². The number of carbonyl (C=O) groups excluding carboxylic acids is 6. The van der Waals surface area contributed by atoms with E-state index in [1.165, 1.54) is 58.0 Å². The fourth-order valence-electron chi connectivity index (χ4n) is 8.60. The van der Waals surface area contributed by atoms with Crippen molar-refractivity contribution in [3.05, 3.63) is 99.5 Å². The summed E-state index contributed by atoms with van der Waals surface area (Å²) in [5.41, 5.74) is -1.86. The summed E-state index contributed by atoms with van der Waals surface area (Å²) in [4.78, 5) is 111. The predicted molar refractivity (Wildman–Crippen MR) is 306 cm³/mol. The highest BCUT2D eigenvalue weighted by Gasteiger charge is 2.38. The topological polar surface area (TPSA) is 358 Å². The average molecular weight is 1190 g/mol. The van der Waals surface area contributed by atoms with Gasteiger partial charge < -0.3 is 54.9 Å². The number of fused-ring (bicyclic) bond motifs is 5. The minimum absolute atomic E-state index is 0.00562. The number of carboxylic acid groups (broad SMARTS) is 1. The third-order valence-electron chi connectivity index (χ3n) is 13.0. The fourth-order valence-corrected chi connectivity index (χ4v) is 9.36. The number of Topliss-reactive ketones (excluding diaryl/α,β-unsaturated/α-hetero) is 2. The number of benzene rings is 3. The van der Waals surface area contributed by atoms with Crippen molar-refractivity contribution in [1.29, 1.82) is 0 Å². The number of phenols is 1. The lowest BCUT2D eigenvalue weighted by atomic mass is 9.87. The van der Waals surface area contributed by atoms with Gasteiger partial charge >= 0.3 is 28.4 Å². The molecule has 26 heteroatoms. The lowest BCUT2D eigenvalue weighted by Crippen LogP contribution is -2.48. The van der Waals surface area contributed by atoms with Gasteiger partial charge in [0.25, 0.3) is 5.56 Å². The zero-order valence-electron chi connectivity index (χ0n) is 49.2. The Labute approximate surface area is 487 Å². The molecule has 25 nitrogen and oxygen atoms in total. The molecule has 0 radical (unpaired) electrons. The number of nitrogens with one attached hydrogen (secondary N) is 4. The summed E-state index contributed by atoms with van der Waals surface area (Å²) in [6.07, 6.45) is -5.23. The van der Waals surface area contributed by atoms with Crippen LogP contribution in [-0.2, 0) is 50.7 Å². The summed E-state index contributed by atoms with van der Waals surface area (Å²) in [7, 11) is -3.73. The van der Waals surface area contributed by atoms with Gasteiger partial charge in [-0.2, -0.15) is 22.9 Å². The number of hydrogen-bond donors (Lipinski definition) is 8. The Balaban J connectivity index is 1.67. The molecule has 0 aliphatic carbocycles. The van der Waals surface area contributed by atoms with E-state index >= 15 is 9.59 Å². The number of likely N-dealkylation sites (N-methyl/N-ethyl adjacent to an activating group) is 1. The molecule has 5 rings (SSSR count). The number of rotatable bonds is 20. The number of nitrogens with zero attached hydrogens (tertiary/aromatic N) is 3. The first-order valence-corrected chi connectivity index (χ1v) is 28.6. The molecule has 1 aliphatic heterocycles. The molecule has 0 saturated carbocycles. The van der Waals surface area contributed by atoms with Crippen LogP contribution in [0, 0.1) is 11.8 Å². The second-order valence-electron chi connectivity index (χ2n) is 23.6. The van der Waals surface area contributed by atoms with E-state index in [1.54, 1.807) is 44.5 Å². The number of aliphatic hydroxyl groups is 2. The minimum Gasteiger partial charge on any atom is -0.504 e. The van der Waals surface area contributed by atoms with E-state index < -0.39 is 143 Å². The van der Waals surface area contributed by atoms with Crippen molar-refractivity contribution in [2.45, 2.75) is 143 Å². The van der Waals surface area contributed by atoms with Crippen molar-refractivity contribution in [1.82, 2.24) is 34.8 Å². The summed E-state index contributed by atoms with van der Waals surface area (Å²) < 4.78 is 54.1. The number of phenolic OH excluding ortho intramolecular Hbond substituents is 1. The van der Waals surface area contributed by atoms with Crippen LogP contribution in [0.5, 0.6) is 17.2 Å². The highest BCUT2D eigenvalue weighted by atomic mass is 32.2. The van der Waals surface area contributed by atoms with Crippen molar-refractivity contribution >= 4 is 51.7 Å². The minimum atomic E-state index is -4.87. The van der Waals surface area contributed by atoms with E-state index in [1.807, 2.05) is 32.9 Å². The van der Waals surface area contributed by atoms with Gasteiger partial charge in [-0.25, -0.2) is 19.1 Å². The van der Waals surface area contributed by atoms with Crippen LogP contribution >= 0.6 is 0 Å². The smallest absolute Gasteiger partial charge is 0.422 e. The third kappa shape index (κ3) is 19.0. The van der Waals surface area contributed by atoms with Gasteiger partial charge in [0.15, 0.2) is 23.1 Å². The van der Waals surface area contributed by atoms with Crippen LogP contribution in [0.2, 0.25) is 0 Å².